The van der Waals surface area contributed by atoms with Gasteiger partial charge in [0.1, 0.15) is 6.54 Å². The third-order valence-corrected chi connectivity index (χ3v) is 4.21. The number of morpholine rings is 1. The average molecular weight is 298 g/mol. The third-order valence-electron chi connectivity index (χ3n) is 4.21. The summed E-state index contributed by atoms with van der Waals surface area (Å²) >= 11 is 0. The topological polar surface area (TPSA) is 65.1 Å². The van der Waals surface area contributed by atoms with Crippen molar-refractivity contribution in [2.45, 2.75) is 19.9 Å². The summed E-state index contributed by atoms with van der Waals surface area (Å²) in [4.78, 5) is 29.6. The number of piperazine rings is 1. The molecule has 0 spiro atoms. The Bertz CT molecular complexity index is 371. The first-order chi connectivity index (χ1) is 10.1. The molecule has 1 N–H and O–H groups in total. The molecule has 3 amide bonds. The van der Waals surface area contributed by atoms with E-state index in [1.54, 1.807) is 9.80 Å². The molecule has 7 nitrogen and oxygen atoms in total. The van der Waals surface area contributed by atoms with Gasteiger partial charge in [-0.3, -0.25) is 9.69 Å². The standard InChI is InChI=1S/C14H26N4O3/c1-3-16-4-5-18(11-13(16)19)14(20)15-10-12(2)17-6-8-21-9-7-17/h12H,3-11H2,1-2H3,(H,15,20). The first-order valence-corrected chi connectivity index (χ1v) is 7.74. The smallest absolute Gasteiger partial charge is 0.317 e. The van der Waals surface area contributed by atoms with Crippen molar-refractivity contribution in [3.05, 3.63) is 0 Å². The van der Waals surface area contributed by atoms with Crippen LogP contribution in [0.5, 0.6) is 0 Å². The van der Waals surface area contributed by atoms with E-state index in [9.17, 15) is 9.59 Å². The Balaban J connectivity index is 1.73. The molecule has 0 aromatic carbocycles. The molecule has 0 bridgehead atoms. The van der Waals surface area contributed by atoms with E-state index in [2.05, 4.69) is 17.1 Å². The highest BCUT2D eigenvalue weighted by Crippen LogP contribution is 2.05. The summed E-state index contributed by atoms with van der Waals surface area (Å²) in [6.45, 7) is 10.1. The lowest BCUT2D eigenvalue weighted by Gasteiger charge is -2.35. The highest BCUT2D eigenvalue weighted by Gasteiger charge is 2.26. The minimum Gasteiger partial charge on any atom is -0.379 e. The summed E-state index contributed by atoms with van der Waals surface area (Å²) in [5.41, 5.74) is 0. The predicted octanol–water partition coefficient (Wildman–Crippen LogP) is -0.419. The molecule has 2 aliphatic heterocycles. The van der Waals surface area contributed by atoms with Gasteiger partial charge in [0, 0.05) is 45.3 Å². The SMILES string of the molecule is CCN1CCN(C(=O)NCC(C)N2CCOCC2)CC1=O. The molecule has 0 saturated carbocycles. The molecular formula is C14H26N4O3. The summed E-state index contributed by atoms with van der Waals surface area (Å²) in [7, 11) is 0. The zero-order chi connectivity index (χ0) is 15.2. The molecule has 0 aromatic heterocycles. The van der Waals surface area contributed by atoms with Crippen LogP contribution in [-0.2, 0) is 9.53 Å². The fraction of sp³-hybridized carbons (Fsp3) is 0.857. The van der Waals surface area contributed by atoms with Crippen LogP contribution < -0.4 is 5.32 Å². The second-order valence-electron chi connectivity index (χ2n) is 5.58. The van der Waals surface area contributed by atoms with Gasteiger partial charge in [-0.1, -0.05) is 0 Å². The molecule has 2 rings (SSSR count). The van der Waals surface area contributed by atoms with Crippen LogP contribution in [0, 0.1) is 0 Å². The number of nitrogens with one attached hydrogen (secondary N) is 1. The van der Waals surface area contributed by atoms with Crippen molar-refractivity contribution in [2.75, 3.05) is 59.0 Å². The molecule has 7 heteroatoms. The van der Waals surface area contributed by atoms with Gasteiger partial charge in [-0.05, 0) is 13.8 Å². The maximum absolute atomic E-state index is 12.1. The molecule has 120 valence electrons. The molecule has 2 fully saturated rings. The molecular weight excluding hydrogens is 272 g/mol. The quantitative estimate of drug-likeness (QED) is 0.766. The van der Waals surface area contributed by atoms with E-state index in [0.717, 1.165) is 26.3 Å². The van der Waals surface area contributed by atoms with Gasteiger partial charge in [-0.15, -0.1) is 0 Å². The van der Waals surface area contributed by atoms with Gasteiger partial charge in [-0.25, -0.2) is 4.79 Å². The van der Waals surface area contributed by atoms with Crippen LogP contribution in [0.15, 0.2) is 0 Å². The van der Waals surface area contributed by atoms with E-state index in [4.69, 9.17) is 4.74 Å². The summed E-state index contributed by atoms with van der Waals surface area (Å²) in [6.07, 6.45) is 0. The lowest BCUT2D eigenvalue weighted by Crippen LogP contribution is -2.56. The van der Waals surface area contributed by atoms with Crippen molar-refractivity contribution in [3.8, 4) is 0 Å². The van der Waals surface area contributed by atoms with Crippen LogP contribution >= 0.6 is 0 Å². The molecule has 1 unspecified atom stereocenters. The largest absolute Gasteiger partial charge is 0.379 e. The zero-order valence-electron chi connectivity index (χ0n) is 13.0. The van der Waals surface area contributed by atoms with Gasteiger partial charge in [0.05, 0.1) is 13.2 Å². The lowest BCUT2D eigenvalue weighted by atomic mass is 10.2. The molecule has 0 radical (unpaired) electrons. The van der Waals surface area contributed by atoms with Gasteiger partial charge in [0.2, 0.25) is 5.91 Å². The number of carbonyl (C=O) groups is 2. The van der Waals surface area contributed by atoms with Crippen molar-refractivity contribution in [3.63, 3.8) is 0 Å². The van der Waals surface area contributed by atoms with Crippen LogP contribution in [0.4, 0.5) is 4.79 Å². The number of nitrogens with zero attached hydrogens (tertiary/aromatic N) is 3. The fourth-order valence-electron chi connectivity index (χ4n) is 2.71. The van der Waals surface area contributed by atoms with E-state index < -0.39 is 0 Å². The van der Waals surface area contributed by atoms with Gasteiger partial charge < -0.3 is 19.9 Å². The molecule has 0 aliphatic carbocycles. The van der Waals surface area contributed by atoms with Crippen LogP contribution in [0.3, 0.4) is 0 Å². The van der Waals surface area contributed by atoms with Crippen molar-refractivity contribution < 1.29 is 14.3 Å². The predicted molar refractivity (Wildman–Crippen MR) is 79.1 cm³/mol. The van der Waals surface area contributed by atoms with Gasteiger partial charge in [0.25, 0.3) is 0 Å². The van der Waals surface area contributed by atoms with Crippen LogP contribution in [0.25, 0.3) is 0 Å². The number of amides is 3. The number of likely N-dealkylation sites (N-methyl/N-ethyl adjacent to an activating group) is 1. The summed E-state index contributed by atoms with van der Waals surface area (Å²) < 4.78 is 5.32. The highest BCUT2D eigenvalue weighted by atomic mass is 16.5. The minimum absolute atomic E-state index is 0.0279. The number of urea groups is 1. The van der Waals surface area contributed by atoms with Gasteiger partial charge >= 0.3 is 6.03 Å². The van der Waals surface area contributed by atoms with Crippen LogP contribution in [0.1, 0.15) is 13.8 Å². The van der Waals surface area contributed by atoms with E-state index in [1.165, 1.54) is 0 Å². The molecule has 1 atom stereocenters. The molecule has 2 heterocycles. The fourth-order valence-corrected chi connectivity index (χ4v) is 2.71. The van der Waals surface area contributed by atoms with Gasteiger partial charge in [-0.2, -0.15) is 0 Å². The Kier molecular flexibility index (Phi) is 5.81. The minimum atomic E-state index is -0.140. The number of hydrogen-bond donors (Lipinski definition) is 1. The maximum Gasteiger partial charge on any atom is 0.317 e. The van der Waals surface area contributed by atoms with Crippen molar-refractivity contribution in [1.82, 2.24) is 20.0 Å². The van der Waals surface area contributed by atoms with Crippen molar-refractivity contribution in [1.29, 1.82) is 0 Å². The van der Waals surface area contributed by atoms with Crippen molar-refractivity contribution >= 4 is 11.9 Å². The van der Waals surface area contributed by atoms with Crippen LogP contribution in [-0.4, -0.2) is 91.7 Å². The molecule has 0 aromatic rings. The Labute approximate surface area is 126 Å². The van der Waals surface area contributed by atoms with E-state index in [0.29, 0.717) is 26.2 Å². The Morgan fingerprint density at radius 2 is 2.00 bits per heavy atom. The Hall–Kier alpha value is -1.34. The summed E-state index contributed by atoms with van der Waals surface area (Å²) in [6, 6.07) is 0.143. The lowest BCUT2D eigenvalue weighted by molar-refractivity contribution is -0.134. The molecule has 21 heavy (non-hydrogen) atoms. The van der Waals surface area contributed by atoms with Crippen LogP contribution in [0.2, 0.25) is 0 Å². The second kappa shape index (κ2) is 7.61. The molecule has 2 saturated heterocycles. The van der Waals surface area contributed by atoms with Crippen molar-refractivity contribution in [2.24, 2.45) is 0 Å². The van der Waals surface area contributed by atoms with Gasteiger partial charge in [0.15, 0.2) is 0 Å². The monoisotopic (exact) mass is 298 g/mol. The Morgan fingerprint density at radius 3 is 2.62 bits per heavy atom. The number of hydrogen-bond acceptors (Lipinski definition) is 4. The first kappa shape index (κ1) is 16.0. The zero-order valence-corrected chi connectivity index (χ0v) is 13.0. The summed E-state index contributed by atoms with van der Waals surface area (Å²) in [5, 5.41) is 2.94. The average Bonchev–Trinajstić information content (AvgIpc) is 2.53. The summed E-state index contributed by atoms with van der Waals surface area (Å²) in [5.74, 6) is 0.0279. The number of carbonyl (C=O) groups excluding carboxylic acids is 2. The second-order valence-corrected chi connectivity index (χ2v) is 5.58. The third kappa shape index (κ3) is 4.31. The van der Waals surface area contributed by atoms with E-state index in [-0.39, 0.29) is 24.5 Å². The van der Waals surface area contributed by atoms with E-state index in [1.807, 2.05) is 6.92 Å². The molecule has 2 aliphatic rings. The highest BCUT2D eigenvalue weighted by molar-refractivity contribution is 5.85. The maximum atomic E-state index is 12.1. The normalized spacial score (nSPS) is 22.3. The van der Waals surface area contributed by atoms with E-state index >= 15 is 0 Å². The number of ether oxygens (including phenoxy) is 1. The number of rotatable bonds is 4. The Morgan fingerprint density at radius 1 is 1.29 bits per heavy atom. The first-order valence-electron chi connectivity index (χ1n) is 7.74.